The van der Waals surface area contributed by atoms with E-state index in [1.54, 1.807) is 19.9 Å². The third kappa shape index (κ3) is 4.64. The number of phenols is 1. The molecule has 7 nitrogen and oxygen atoms in total. The van der Waals surface area contributed by atoms with Crippen molar-refractivity contribution in [1.29, 1.82) is 0 Å². The molecule has 0 radical (unpaired) electrons. The molecule has 4 N–H and O–H groups in total. The Kier molecular flexibility index (Phi) is 5.72. The molecule has 170 valence electrons. The summed E-state index contributed by atoms with van der Waals surface area (Å²) in [4.78, 5) is 8.78. The first-order chi connectivity index (χ1) is 15.1. The number of alkyl halides is 3. The molecule has 1 saturated heterocycles. The number of anilines is 2. The van der Waals surface area contributed by atoms with E-state index in [0.717, 1.165) is 12.1 Å². The molecule has 32 heavy (non-hydrogen) atoms. The van der Waals surface area contributed by atoms with Crippen molar-refractivity contribution in [1.82, 2.24) is 9.97 Å². The third-order valence-electron chi connectivity index (χ3n) is 5.23. The molecule has 1 unspecified atom stereocenters. The van der Waals surface area contributed by atoms with E-state index in [0.29, 0.717) is 47.7 Å². The lowest BCUT2D eigenvalue weighted by Crippen LogP contribution is -2.16. The molecular formula is C22H23F3N4O3. The number of hydrogen-bond acceptors (Lipinski definition) is 7. The van der Waals surface area contributed by atoms with Crippen molar-refractivity contribution in [2.75, 3.05) is 24.3 Å². The minimum Gasteiger partial charge on any atom is -0.504 e. The molecule has 2 aromatic carbocycles. The van der Waals surface area contributed by atoms with Gasteiger partial charge in [0, 0.05) is 23.6 Å². The fourth-order valence-corrected chi connectivity index (χ4v) is 3.63. The van der Waals surface area contributed by atoms with Gasteiger partial charge in [-0.2, -0.15) is 13.2 Å². The summed E-state index contributed by atoms with van der Waals surface area (Å²) in [6.45, 7) is 4.42. The summed E-state index contributed by atoms with van der Waals surface area (Å²) >= 11 is 0. The van der Waals surface area contributed by atoms with Gasteiger partial charge in [0.25, 0.3) is 0 Å². The Labute approximate surface area is 182 Å². The highest BCUT2D eigenvalue weighted by atomic mass is 19.4. The average Bonchev–Trinajstić information content (AvgIpc) is 3.21. The maximum absolute atomic E-state index is 13.2. The van der Waals surface area contributed by atoms with Crippen molar-refractivity contribution in [2.45, 2.75) is 38.6 Å². The highest BCUT2D eigenvalue weighted by Crippen LogP contribution is 2.37. The molecule has 1 aromatic heterocycles. The van der Waals surface area contributed by atoms with Crippen molar-refractivity contribution in [3.05, 3.63) is 47.3 Å². The molecule has 1 aliphatic rings. The SMILES string of the molecule is Cc1nc(N[C@H](C)c2cc(N)cc(C(F)(F)F)c2)c2cc(OC3CCOC3)c(O)cc2n1. The van der Waals surface area contributed by atoms with Gasteiger partial charge in [-0.3, -0.25) is 0 Å². The Morgan fingerprint density at radius 3 is 2.69 bits per heavy atom. The Morgan fingerprint density at radius 1 is 1.22 bits per heavy atom. The zero-order chi connectivity index (χ0) is 23.0. The number of nitrogen functional groups attached to an aromatic ring is 1. The molecule has 0 bridgehead atoms. The number of aromatic nitrogens is 2. The molecule has 4 rings (SSSR count). The summed E-state index contributed by atoms with van der Waals surface area (Å²) in [7, 11) is 0. The molecule has 0 amide bonds. The van der Waals surface area contributed by atoms with Gasteiger partial charge < -0.3 is 25.6 Å². The van der Waals surface area contributed by atoms with Gasteiger partial charge in [-0.1, -0.05) is 0 Å². The second kappa shape index (κ2) is 8.34. The zero-order valence-corrected chi connectivity index (χ0v) is 17.5. The number of hydrogen-bond donors (Lipinski definition) is 3. The number of aromatic hydroxyl groups is 1. The monoisotopic (exact) mass is 448 g/mol. The summed E-state index contributed by atoms with van der Waals surface area (Å²) < 4.78 is 50.8. The van der Waals surface area contributed by atoms with Gasteiger partial charge in [0.1, 0.15) is 17.7 Å². The number of fused-ring (bicyclic) bond motifs is 1. The summed E-state index contributed by atoms with van der Waals surface area (Å²) in [5, 5.41) is 14.1. The lowest BCUT2D eigenvalue weighted by molar-refractivity contribution is -0.137. The van der Waals surface area contributed by atoms with Gasteiger partial charge in [-0.25, -0.2) is 9.97 Å². The number of nitrogens with two attached hydrogens (primary N) is 1. The number of benzene rings is 2. The summed E-state index contributed by atoms with van der Waals surface area (Å²) in [5.41, 5.74) is 5.75. The van der Waals surface area contributed by atoms with E-state index in [1.165, 1.54) is 12.1 Å². The Bertz CT molecular complexity index is 1150. The van der Waals surface area contributed by atoms with Gasteiger partial charge in [-0.05, 0) is 43.7 Å². The molecule has 10 heteroatoms. The van der Waals surface area contributed by atoms with Crippen molar-refractivity contribution >= 4 is 22.4 Å². The number of phenolic OH excluding ortho intramolecular Hbond substituents is 1. The van der Waals surface area contributed by atoms with Crippen LogP contribution in [0.2, 0.25) is 0 Å². The van der Waals surface area contributed by atoms with Crippen molar-refractivity contribution < 1.29 is 27.8 Å². The third-order valence-corrected chi connectivity index (χ3v) is 5.23. The number of nitrogens with one attached hydrogen (secondary N) is 1. The van der Waals surface area contributed by atoms with E-state index in [-0.39, 0.29) is 23.3 Å². The first kappa shape index (κ1) is 21.9. The van der Waals surface area contributed by atoms with E-state index in [9.17, 15) is 18.3 Å². The number of halogens is 3. The Morgan fingerprint density at radius 2 is 2.00 bits per heavy atom. The van der Waals surface area contributed by atoms with Gasteiger partial charge >= 0.3 is 6.18 Å². The van der Waals surface area contributed by atoms with Crippen LogP contribution in [0.5, 0.6) is 11.5 Å². The summed E-state index contributed by atoms with van der Waals surface area (Å²) in [6.07, 6.45) is -3.97. The minimum absolute atomic E-state index is 0.0200. The second-order valence-electron chi connectivity index (χ2n) is 7.81. The minimum atomic E-state index is -4.50. The fourth-order valence-electron chi connectivity index (χ4n) is 3.63. The van der Waals surface area contributed by atoms with Crippen LogP contribution in [-0.4, -0.2) is 34.4 Å². The molecule has 0 spiro atoms. The lowest BCUT2D eigenvalue weighted by Gasteiger charge is -2.20. The molecule has 2 atom stereocenters. The first-order valence-electron chi connectivity index (χ1n) is 10.1. The normalized spacial score (nSPS) is 17.5. The maximum Gasteiger partial charge on any atom is 0.416 e. The van der Waals surface area contributed by atoms with Crippen LogP contribution in [-0.2, 0) is 10.9 Å². The van der Waals surface area contributed by atoms with Gasteiger partial charge in [0.05, 0.1) is 30.3 Å². The molecule has 0 aliphatic carbocycles. The Balaban J connectivity index is 1.69. The predicted molar refractivity (Wildman–Crippen MR) is 114 cm³/mol. The second-order valence-corrected chi connectivity index (χ2v) is 7.81. The quantitative estimate of drug-likeness (QED) is 0.491. The highest BCUT2D eigenvalue weighted by Gasteiger charge is 2.31. The topological polar surface area (TPSA) is 103 Å². The number of nitrogens with zero attached hydrogens (tertiary/aromatic N) is 2. The van der Waals surface area contributed by atoms with Gasteiger partial charge in [0.15, 0.2) is 11.5 Å². The molecule has 0 saturated carbocycles. The van der Waals surface area contributed by atoms with Crippen molar-refractivity contribution in [3.8, 4) is 11.5 Å². The maximum atomic E-state index is 13.2. The van der Waals surface area contributed by atoms with Crippen LogP contribution in [0.25, 0.3) is 10.9 Å². The predicted octanol–water partition coefficient (Wildman–Crippen LogP) is 4.59. The standard InChI is InChI=1S/C22H23F3N4O3/c1-11(13-5-14(22(23,24)25)7-15(26)6-13)27-21-17-8-20(32-16-3-4-31-10-16)19(30)9-18(17)28-12(2)29-21/h5-9,11,16,30H,3-4,10,26H2,1-2H3,(H,27,28,29)/t11-,16?/m1/s1. The summed E-state index contributed by atoms with van der Waals surface area (Å²) in [5.74, 6) is 1.04. The summed E-state index contributed by atoms with van der Waals surface area (Å²) in [6, 6.07) is 6.01. The van der Waals surface area contributed by atoms with Crippen LogP contribution in [0, 0.1) is 6.92 Å². The van der Waals surface area contributed by atoms with Crippen LogP contribution >= 0.6 is 0 Å². The van der Waals surface area contributed by atoms with E-state index in [2.05, 4.69) is 15.3 Å². The Hall–Kier alpha value is -3.27. The molecule has 3 aromatic rings. The van der Waals surface area contributed by atoms with E-state index in [4.69, 9.17) is 15.2 Å². The highest BCUT2D eigenvalue weighted by molar-refractivity contribution is 5.91. The van der Waals surface area contributed by atoms with Crippen LogP contribution < -0.4 is 15.8 Å². The van der Waals surface area contributed by atoms with E-state index < -0.39 is 17.8 Å². The van der Waals surface area contributed by atoms with Crippen molar-refractivity contribution in [2.24, 2.45) is 0 Å². The molecule has 1 fully saturated rings. The average molecular weight is 448 g/mol. The van der Waals surface area contributed by atoms with Gasteiger partial charge in [-0.15, -0.1) is 0 Å². The fraction of sp³-hybridized carbons (Fsp3) is 0.364. The van der Waals surface area contributed by atoms with E-state index >= 15 is 0 Å². The largest absolute Gasteiger partial charge is 0.504 e. The molecule has 1 aliphatic heterocycles. The lowest BCUT2D eigenvalue weighted by atomic mass is 10.0. The van der Waals surface area contributed by atoms with Crippen molar-refractivity contribution in [3.63, 3.8) is 0 Å². The first-order valence-corrected chi connectivity index (χ1v) is 10.1. The number of rotatable bonds is 5. The van der Waals surface area contributed by atoms with Gasteiger partial charge in [0.2, 0.25) is 0 Å². The van der Waals surface area contributed by atoms with Crippen LogP contribution in [0.15, 0.2) is 30.3 Å². The van der Waals surface area contributed by atoms with Crippen LogP contribution in [0.1, 0.15) is 36.3 Å². The molecule has 2 heterocycles. The smallest absolute Gasteiger partial charge is 0.416 e. The number of aryl methyl sites for hydroxylation is 1. The van der Waals surface area contributed by atoms with Crippen LogP contribution in [0.3, 0.4) is 0 Å². The van der Waals surface area contributed by atoms with E-state index in [1.807, 2.05) is 0 Å². The zero-order valence-electron chi connectivity index (χ0n) is 17.5. The molecular weight excluding hydrogens is 425 g/mol. The van der Waals surface area contributed by atoms with Crippen LogP contribution in [0.4, 0.5) is 24.7 Å². The number of ether oxygens (including phenoxy) is 2.